The lowest BCUT2D eigenvalue weighted by molar-refractivity contribution is -0.138. The van der Waals surface area contributed by atoms with Crippen LogP contribution in [0, 0.1) is 5.92 Å². The molecule has 4 nitrogen and oxygen atoms in total. The molecule has 1 aliphatic heterocycles. The Morgan fingerprint density at radius 3 is 3.00 bits per heavy atom. The number of hydrogen-bond acceptors (Lipinski definition) is 3. The van der Waals surface area contributed by atoms with Crippen molar-refractivity contribution in [2.45, 2.75) is 32.2 Å². The summed E-state index contributed by atoms with van der Waals surface area (Å²) in [6, 6.07) is 0.238. The van der Waals surface area contributed by atoms with Crippen LogP contribution in [0.15, 0.2) is 0 Å². The maximum absolute atomic E-state index is 10.7. The van der Waals surface area contributed by atoms with Gasteiger partial charge in [-0.25, -0.2) is 0 Å². The highest BCUT2D eigenvalue weighted by Crippen LogP contribution is 2.21. The topological polar surface area (TPSA) is 49.8 Å². The zero-order valence-corrected chi connectivity index (χ0v) is 9.61. The molecule has 0 amide bonds. The number of methoxy groups -OCH3 is 1. The number of aliphatic carboxylic acids is 1. The van der Waals surface area contributed by atoms with Gasteiger partial charge in [-0.2, -0.15) is 0 Å². The van der Waals surface area contributed by atoms with E-state index < -0.39 is 5.97 Å². The summed E-state index contributed by atoms with van der Waals surface area (Å²) in [4.78, 5) is 13.0. The van der Waals surface area contributed by atoms with Crippen molar-refractivity contribution in [3.8, 4) is 0 Å². The number of likely N-dealkylation sites (tertiary alicyclic amines) is 1. The Hall–Kier alpha value is -0.610. The van der Waals surface area contributed by atoms with Gasteiger partial charge in [0.2, 0.25) is 0 Å². The van der Waals surface area contributed by atoms with E-state index in [0.717, 1.165) is 32.5 Å². The van der Waals surface area contributed by atoms with Crippen LogP contribution in [0.1, 0.15) is 26.2 Å². The molecule has 0 aromatic carbocycles. The molecule has 15 heavy (non-hydrogen) atoms. The van der Waals surface area contributed by atoms with Crippen LogP contribution in [0.2, 0.25) is 0 Å². The van der Waals surface area contributed by atoms with Gasteiger partial charge in [-0.1, -0.05) is 6.92 Å². The van der Waals surface area contributed by atoms with Gasteiger partial charge >= 0.3 is 5.97 Å². The monoisotopic (exact) mass is 215 g/mol. The average Bonchev–Trinajstić information content (AvgIpc) is 2.52. The molecule has 4 heteroatoms. The van der Waals surface area contributed by atoms with Crippen molar-refractivity contribution in [3.05, 3.63) is 0 Å². The highest BCUT2D eigenvalue weighted by molar-refractivity contribution is 5.67. The molecule has 0 aromatic rings. The molecule has 0 bridgehead atoms. The number of rotatable bonds is 6. The summed E-state index contributed by atoms with van der Waals surface area (Å²) in [5.41, 5.74) is 0. The second-order valence-corrected chi connectivity index (χ2v) is 4.45. The first-order valence-corrected chi connectivity index (χ1v) is 5.58. The number of hydrogen-bond donors (Lipinski definition) is 1. The van der Waals surface area contributed by atoms with Gasteiger partial charge in [0.15, 0.2) is 0 Å². The first-order chi connectivity index (χ1) is 7.13. The Labute approximate surface area is 91.2 Å². The summed E-state index contributed by atoms with van der Waals surface area (Å²) in [6.07, 6.45) is 2.42. The minimum Gasteiger partial charge on any atom is -0.481 e. The predicted molar refractivity (Wildman–Crippen MR) is 57.9 cm³/mol. The molecule has 88 valence electrons. The smallest absolute Gasteiger partial charge is 0.304 e. The van der Waals surface area contributed by atoms with Gasteiger partial charge in [-0.05, 0) is 25.3 Å². The Bertz CT molecular complexity index is 208. The van der Waals surface area contributed by atoms with Gasteiger partial charge < -0.3 is 9.84 Å². The fourth-order valence-corrected chi connectivity index (χ4v) is 2.31. The number of carboxylic acids is 1. The van der Waals surface area contributed by atoms with E-state index in [1.807, 2.05) is 0 Å². The average molecular weight is 215 g/mol. The van der Waals surface area contributed by atoms with Gasteiger partial charge in [0.1, 0.15) is 0 Å². The molecule has 0 spiro atoms. The van der Waals surface area contributed by atoms with Crippen LogP contribution >= 0.6 is 0 Å². The zero-order chi connectivity index (χ0) is 11.3. The molecule has 1 heterocycles. The van der Waals surface area contributed by atoms with Crippen LogP contribution < -0.4 is 0 Å². The third-order valence-corrected chi connectivity index (χ3v) is 2.91. The molecule has 1 N–H and O–H groups in total. The molecule has 0 aromatic heterocycles. The second-order valence-electron chi connectivity index (χ2n) is 4.45. The molecule has 0 saturated carbocycles. The van der Waals surface area contributed by atoms with E-state index in [0.29, 0.717) is 5.92 Å². The van der Waals surface area contributed by atoms with E-state index in [9.17, 15) is 4.79 Å². The molecular formula is C11H21NO3. The summed E-state index contributed by atoms with van der Waals surface area (Å²) < 4.78 is 5.09. The van der Waals surface area contributed by atoms with Crippen molar-refractivity contribution in [2.75, 3.05) is 26.8 Å². The Balaban J connectivity index is 2.35. The number of carboxylic acid groups (broad SMARTS) is 1. The van der Waals surface area contributed by atoms with Crippen molar-refractivity contribution >= 4 is 5.97 Å². The summed E-state index contributed by atoms with van der Waals surface area (Å²) in [5.74, 6) is -0.212. The van der Waals surface area contributed by atoms with E-state index >= 15 is 0 Å². The first kappa shape index (κ1) is 12.5. The van der Waals surface area contributed by atoms with Gasteiger partial charge in [0.25, 0.3) is 0 Å². The van der Waals surface area contributed by atoms with Crippen molar-refractivity contribution in [1.29, 1.82) is 0 Å². The van der Waals surface area contributed by atoms with Crippen LogP contribution in [0.3, 0.4) is 0 Å². The zero-order valence-electron chi connectivity index (χ0n) is 9.61. The van der Waals surface area contributed by atoms with E-state index in [2.05, 4.69) is 11.8 Å². The van der Waals surface area contributed by atoms with Gasteiger partial charge in [0.05, 0.1) is 6.42 Å². The molecule has 1 rings (SSSR count). The Morgan fingerprint density at radius 1 is 1.67 bits per heavy atom. The summed E-state index contributed by atoms with van der Waals surface area (Å²) in [5, 5.41) is 8.78. The largest absolute Gasteiger partial charge is 0.481 e. The van der Waals surface area contributed by atoms with E-state index in [1.165, 1.54) is 0 Å². The lowest BCUT2D eigenvalue weighted by Crippen LogP contribution is -2.35. The van der Waals surface area contributed by atoms with Gasteiger partial charge in [0, 0.05) is 26.3 Å². The fourth-order valence-electron chi connectivity index (χ4n) is 2.31. The van der Waals surface area contributed by atoms with E-state index in [4.69, 9.17) is 9.84 Å². The Kier molecular flexibility index (Phi) is 5.05. The SMILES string of the molecule is COCC(C)CN1CCCC1CC(=O)O. The molecule has 1 aliphatic rings. The second kappa shape index (κ2) is 6.08. The van der Waals surface area contributed by atoms with Crippen molar-refractivity contribution in [1.82, 2.24) is 4.90 Å². The summed E-state index contributed by atoms with van der Waals surface area (Å²) in [7, 11) is 1.70. The number of nitrogens with zero attached hydrogens (tertiary/aromatic N) is 1. The summed E-state index contributed by atoms with van der Waals surface area (Å²) in [6.45, 7) is 4.87. The maximum Gasteiger partial charge on any atom is 0.304 e. The number of ether oxygens (including phenoxy) is 1. The van der Waals surface area contributed by atoms with Crippen LogP contribution in [-0.2, 0) is 9.53 Å². The van der Waals surface area contributed by atoms with Crippen LogP contribution in [-0.4, -0.2) is 48.8 Å². The normalized spacial score (nSPS) is 24.3. The quantitative estimate of drug-likeness (QED) is 0.723. The molecule has 0 aliphatic carbocycles. The predicted octanol–water partition coefficient (Wildman–Crippen LogP) is 1.21. The molecule has 1 fully saturated rings. The van der Waals surface area contributed by atoms with Crippen molar-refractivity contribution in [3.63, 3.8) is 0 Å². The minimum absolute atomic E-state index is 0.238. The van der Waals surface area contributed by atoms with Gasteiger partial charge in [-0.3, -0.25) is 9.69 Å². The molecule has 2 atom stereocenters. The molecule has 2 unspecified atom stereocenters. The third kappa shape index (κ3) is 4.18. The lowest BCUT2D eigenvalue weighted by atomic mass is 10.1. The van der Waals surface area contributed by atoms with Crippen molar-refractivity contribution in [2.24, 2.45) is 5.92 Å². The van der Waals surface area contributed by atoms with Crippen molar-refractivity contribution < 1.29 is 14.6 Å². The van der Waals surface area contributed by atoms with E-state index in [-0.39, 0.29) is 12.5 Å². The molecule has 0 radical (unpaired) electrons. The van der Waals surface area contributed by atoms with Crippen LogP contribution in [0.25, 0.3) is 0 Å². The standard InChI is InChI=1S/C11H21NO3/c1-9(8-15-2)7-12-5-3-4-10(12)6-11(13)14/h9-10H,3-8H2,1-2H3,(H,13,14). The lowest BCUT2D eigenvalue weighted by Gasteiger charge is -2.26. The molecular weight excluding hydrogens is 194 g/mol. The molecule has 1 saturated heterocycles. The van der Waals surface area contributed by atoms with Crippen LogP contribution in [0.5, 0.6) is 0 Å². The van der Waals surface area contributed by atoms with Gasteiger partial charge in [-0.15, -0.1) is 0 Å². The van der Waals surface area contributed by atoms with E-state index in [1.54, 1.807) is 7.11 Å². The maximum atomic E-state index is 10.7. The number of carbonyl (C=O) groups is 1. The first-order valence-electron chi connectivity index (χ1n) is 5.58. The highest BCUT2D eigenvalue weighted by Gasteiger charge is 2.27. The summed E-state index contributed by atoms with van der Waals surface area (Å²) >= 11 is 0. The minimum atomic E-state index is -0.689. The van der Waals surface area contributed by atoms with Crippen LogP contribution in [0.4, 0.5) is 0 Å². The highest BCUT2D eigenvalue weighted by atomic mass is 16.5. The third-order valence-electron chi connectivity index (χ3n) is 2.91. The fraction of sp³-hybridized carbons (Fsp3) is 0.909. The Morgan fingerprint density at radius 2 is 2.40 bits per heavy atom.